The van der Waals surface area contributed by atoms with E-state index in [1.165, 1.54) is 6.07 Å². The maximum Gasteiger partial charge on any atom is 0.349 e. The number of halogens is 2. The lowest BCUT2D eigenvalue weighted by Gasteiger charge is -2.19. The predicted molar refractivity (Wildman–Crippen MR) is 134 cm³/mol. The number of esters is 1. The number of ether oxygens (including phenoxy) is 2. The predicted octanol–water partition coefficient (Wildman–Crippen LogP) is 7.05. The highest BCUT2D eigenvalue weighted by Gasteiger charge is 2.22. The molecule has 1 aromatic heterocycles. The fraction of sp³-hybridized carbons (Fsp3) is 0.185. The van der Waals surface area contributed by atoms with E-state index in [9.17, 15) is 9.59 Å². The summed E-state index contributed by atoms with van der Waals surface area (Å²) in [7, 11) is 0. The summed E-state index contributed by atoms with van der Waals surface area (Å²) in [5.41, 5.74) is 1.63. The van der Waals surface area contributed by atoms with Crippen molar-refractivity contribution < 1.29 is 18.7 Å². The summed E-state index contributed by atoms with van der Waals surface area (Å²) in [5.74, 6) is -0.534. The molecule has 34 heavy (non-hydrogen) atoms. The van der Waals surface area contributed by atoms with Gasteiger partial charge in [-0.05, 0) is 41.3 Å². The second-order valence-electron chi connectivity index (χ2n) is 8.75. The maximum absolute atomic E-state index is 13.2. The van der Waals surface area contributed by atoms with Gasteiger partial charge < -0.3 is 13.9 Å². The molecule has 0 N–H and O–H groups in total. The van der Waals surface area contributed by atoms with E-state index in [2.05, 4.69) is 20.8 Å². The zero-order valence-corrected chi connectivity index (χ0v) is 20.4. The van der Waals surface area contributed by atoms with E-state index in [-0.39, 0.29) is 27.7 Å². The normalized spacial score (nSPS) is 11.4. The highest BCUT2D eigenvalue weighted by Crippen LogP contribution is 2.33. The lowest BCUT2D eigenvalue weighted by Crippen LogP contribution is -2.22. The molecule has 0 atom stereocenters. The smallest absolute Gasteiger partial charge is 0.349 e. The number of carbonyl (C=O) groups is 1. The van der Waals surface area contributed by atoms with Gasteiger partial charge in [0.15, 0.2) is 12.4 Å². The van der Waals surface area contributed by atoms with Crippen LogP contribution in [0.2, 0.25) is 10.0 Å². The molecule has 0 aliphatic heterocycles. The number of carbonyl (C=O) groups excluding carboxylic acids is 1. The Balaban J connectivity index is 1.68. The Labute approximate surface area is 206 Å². The molecule has 174 valence electrons. The van der Waals surface area contributed by atoms with Gasteiger partial charge in [0.2, 0.25) is 11.2 Å². The summed E-state index contributed by atoms with van der Waals surface area (Å²) in [6, 6.07) is 19.0. The molecule has 4 rings (SSSR count). The molecule has 7 heteroatoms. The molecule has 0 aliphatic rings. The van der Waals surface area contributed by atoms with Crippen molar-refractivity contribution in [1.82, 2.24) is 0 Å². The largest absolute Gasteiger partial charge is 0.480 e. The minimum absolute atomic E-state index is 0.0433. The molecule has 1 heterocycles. The van der Waals surface area contributed by atoms with E-state index in [4.69, 9.17) is 37.1 Å². The summed E-state index contributed by atoms with van der Waals surface area (Å²) < 4.78 is 17.0. The zero-order chi connectivity index (χ0) is 24.5. The van der Waals surface area contributed by atoms with Gasteiger partial charge in [-0.15, -0.1) is 0 Å². The number of hydrogen-bond donors (Lipinski definition) is 0. The first-order valence-electron chi connectivity index (χ1n) is 10.6. The molecule has 4 aromatic rings. The number of rotatable bonds is 5. The Morgan fingerprint density at radius 2 is 1.68 bits per heavy atom. The molecule has 0 saturated heterocycles. The van der Waals surface area contributed by atoms with Gasteiger partial charge in [-0.25, -0.2) is 4.79 Å². The van der Waals surface area contributed by atoms with Crippen LogP contribution in [0.4, 0.5) is 0 Å². The SMILES string of the molecule is CC(C)(C)c1ccc(-c2oc3ccccc3c(=O)c2OC(=O)COc2ccc(Cl)cc2Cl)cc1. The summed E-state index contributed by atoms with van der Waals surface area (Å²) >= 11 is 12.0. The second-order valence-corrected chi connectivity index (χ2v) is 9.59. The minimum Gasteiger partial charge on any atom is -0.480 e. The first kappa shape index (κ1) is 23.9. The maximum atomic E-state index is 13.2. The number of hydrogen-bond acceptors (Lipinski definition) is 5. The standard InChI is InChI=1S/C27H22Cl2O5/c1-27(2,3)17-10-8-16(9-11-17)25-26(24(31)19-6-4-5-7-21(19)33-25)34-23(30)15-32-22-13-12-18(28)14-20(22)29/h4-14H,15H2,1-3H3. The molecule has 0 unspecified atom stereocenters. The van der Waals surface area contributed by atoms with Crippen LogP contribution in [0, 0.1) is 0 Å². The van der Waals surface area contributed by atoms with Crippen LogP contribution in [0.15, 0.2) is 75.9 Å². The van der Waals surface area contributed by atoms with Crippen molar-refractivity contribution in [3.8, 4) is 22.8 Å². The molecule has 0 spiro atoms. The quantitative estimate of drug-likeness (QED) is 0.277. The Bertz CT molecular complexity index is 1420. The van der Waals surface area contributed by atoms with Gasteiger partial charge in [0.25, 0.3) is 0 Å². The van der Waals surface area contributed by atoms with Crippen molar-refractivity contribution >= 4 is 40.1 Å². The van der Waals surface area contributed by atoms with Gasteiger partial charge in [-0.2, -0.15) is 0 Å². The molecule has 0 fully saturated rings. The molecule has 0 amide bonds. The summed E-state index contributed by atoms with van der Waals surface area (Å²) in [4.78, 5) is 25.9. The third-order valence-corrected chi connectivity index (χ3v) is 5.76. The van der Waals surface area contributed by atoms with Gasteiger partial charge in [0, 0.05) is 10.6 Å². The molecular weight excluding hydrogens is 475 g/mol. The lowest BCUT2D eigenvalue weighted by atomic mass is 9.86. The molecule has 0 bridgehead atoms. The Hall–Kier alpha value is -3.28. The third kappa shape index (κ3) is 5.11. The summed E-state index contributed by atoms with van der Waals surface area (Å²) in [6.45, 7) is 5.87. The fourth-order valence-corrected chi connectivity index (χ4v) is 3.86. The topological polar surface area (TPSA) is 65.7 Å². The lowest BCUT2D eigenvalue weighted by molar-refractivity contribution is -0.136. The van der Waals surface area contributed by atoms with Crippen molar-refractivity contribution in [3.63, 3.8) is 0 Å². The van der Waals surface area contributed by atoms with Crippen LogP contribution in [-0.2, 0) is 10.2 Å². The van der Waals surface area contributed by atoms with Crippen molar-refractivity contribution in [2.75, 3.05) is 6.61 Å². The Morgan fingerprint density at radius 3 is 2.35 bits per heavy atom. The zero-order valence-electron chi connectivity index (χ0n) is 18.9. The van der Waals surface area contributed by atoms with Crippen LogP contribution in [0.5, 0.6) is 11.5 Å². The van der Waals surface area contributed by atoms with Crippen LogP contribution in [0.3, 0.4) is 0 Å². The van der Waals surface area contributed by atoms with Gasteiger partial charge in [-0.3, -0.25) is 4.79 Å². The number of para-hydroxylation sites is 1. The van der Waals surface area contributed by atoms with E-state index >= 15 is 0 Å². The fourth-order valence-electron chi connectivity index (χ4n) is 3.40. The summed E-state index contributed by atoms with van der Waals surface area (Å²) in [6.07, 6.45) is 0. The Kier molecular flexibility index (Phi) is 6.69. The van der Waals surface area contributed by atoms with E-state index in [1.54, 1.807) is 36.4 Å². The monoisotopic (exact) mass is 496 g/mol. The summed E-state index contributed by atoms with van der Waals surface area (Å²) in [5, 5.41) is 1.00. The van der Waals surface area contributed by atoms with E-state index in [0.29, 0.717) is 21.6 Å². The van der Waals surface area contributed by atoms with E-state index in [1.807, 2.05) is 24.3 Å². The van der Waals surface area contributed by atoms with E-state index < -0.39 is 18.0 Å². The van der Waals surface area contributed by atoms with Crippen LogP contribution in [0.25, 0.3) is 22.3 Å². The van der Waals surface area contributed by atoms with Gasteiger partial charge in [-0.1, -0.05) is 80.4 Å². The highest BCUT2D eigenvalue weighted by atomic mass is 35.5. The number of benzene rings is 3. The van der Waals surface area contributed by atoms with Crippen LogP contribution in [-0.4, -0.2) is 12.6 Å². The van der Waals surface area contributed by atoms with Crippen molar-refractivity contribution in [2.24, 2.45) is 0 Å². The van der Waals surface area contributed by atoms with Crippen LogP contribution in [0.1, 0.15) is 26.3 Å². The van der Waals surface area contributed by atoms with Crippen LogP contribution < -0.4 is 14.9 Å². The van der Waals surface area contributed by atoms with Crippen molar-refractivity contribution in [1.29, 1.82) is 0 Å². The molecule has 5 nitrogen and oxygen atoms in total. The average molecular weight is 497 g/mol. The third-order valence-electron chi connectivity index (χ3n) is 5.22. The molecular formula is C27H22Cl2O5. The first-order chi connectivity index (χ1) is 16.1. The van der Waals surface area contributed by atoms with Gasteiger partial charge >= 0.3 is 5.97 Å². The van der Waals surface area contributed by atoms with Crippen molar-refractivity contribution in [2.45, 2.75) is 26.2 Å². The first-order valence-corrected chi connectivity index (χ1v) is 11.3. The minimum atomic E-state index is -0.777. The van der Waals surface area contributed by atoms with Crippen LogP contribution >= 0.6 is 23.2 Å². The Morgan fingerprint density at radius 1 is 0.971 bits per heavy atom. The highest BCUT2D eigenvalue weighted by molar-refractivity contribution is 6.35. The second kappa shape index (κ2) is 9.53. The molecule has 0 radical (unpaired) electrons. The van der Waals surface area contributed by atoms with Gasteiger partial charge in [0.05, 0.1) is 10.4 Å². The van der Waals surface area contributed by atoms with E-state index in [0.717, 1.165) is 5.56 Å². The van der Waals surface area contributed by atoms with Gasteiger partial charge in [0.1, 0.15) is 11.3 Å². The molecule has 3 aromatic carbocycles. The molecule has 0 aliphatic carbocycles. The number of fused-ring (bicyclic) bond motifs is 1. The average Bonchev–Trinajstić information content (AvgIpc) is 2.80. The van der Waals surface area contributed by atoms with Crippen molar-refractivity contribution in [3.05, 3.63) is 92.6 Å². The molecule has 0 saturated carbocycles.